The SMILES string of the molecule is CCCCOC(=O)COc1ccc(F)cc1/C=C/C(=O)O. The van der Waals surface area contributed by atoms with E-state index in [9.17, 15) is 14.0 Å². The van der Waals surface area contributed by atoms with Gasteiger partial charge in [-0.1, -0.05) is 13.3 Å². The van der Waals surface area contributed by atoms with Crippen LogP contribution < -0.4 is 4.74 Å². The minimum Gasteiger partial charge on any atom is -0.481 e. The molecule has 1 rings (SSSR count). The molecule has 0 bridgehead atoms. The van der Waals surface area contributed by atoms with Crippen LogP contribution in [0.4, 0.5) is 4.39 Å². The van der Waals surface area contributed by atoms with Gasteiger partial charge in [-0.2, -0.15) is 0 Å². The number of benzene rings is 1. The fourth-order valence-electron chi connectivity index (χ4n) is 1.45. The molecule has 114 valence electrons. The Morgan fingerprint density at radius 2 is 2.14 bits per heavy atom. The molecule has 0 spiro atoms. The van der Waals surface area contributed by atoms with E-state index in [2.05, 4.69) is 0 Å². The third kappa shape index (κ3) is 6.56. The zero-order chi connectivity index (χ0) is 15.7. The van der Waals surface area contributed by atoms with Gasteiger partial charge in [-0.15, -0.1) is 0 Å². The molecule has 0 saturated carbocycles. The van der Waals surface area contributed by atoms with Gasteiger partial charge in [-0.3, -0.25) is 0 Å². The summed E-state index contributed by atoms with van der Waals surface area (Å²) < 4.78 is 23.3. The Bertz CT molecular complexity index is 525. The van der Waals surface area contributed by atoms with E-state index in [1.807, 2.05) is 6.92 Å². The van der Waals surface area contributed by atoms with Crippen molar-refractivity contribution in [3.8, 4) is 5.75 Å². The quantitative estimate of drug-likeness (QED) is 0.453. The summed E-state index contributed by atoms with van der Waals surface area (Å²) in [7, 11) is 0. The van der Waals surface area contributed by atoms with Crippen LogP contribution in [0.2, 0.25) is 0 Å². The predicted molar refractivity (Wildman–Crippen MR) is 74.4 cm³/mol. The van der Waals surface area contributed by atoms with Gasteiger partial charge < -0.3 is 14.6 Å². The molecule has 0 unspecified atom stereocenters. The molecule has 0 aliphatic heterocycles. The minimum absolute atomic E-state index is 0.210. The molecular weight excluding hydrogens is 279 g/mol. The largest absolute Gasteiger partial charge is 0.481 e. The lowest BCUT2D eigenvalue weighted by atomic mass is 10.2. The van der Waals surface area contributed by atoms with Crippen molar-refractivity contribution in [3.05, 3.63) is 35.7 Å². The van der Waals surface area contributed by atoms with E-state index in [0.717, 1.165) is 31.1 Å². The van der Waals surface area contributed by atoms with Gasteiger partial charge >= 0.3 is 11.9 Å². The summed E-state index contributed by atoms with van der Waals surface area (Å²) in [6.45, 7) is 1.99. The smallest absolute Gasteiger partial charge is 0.344 e. The van der Waals surface area contributed by atoms with Crippen LogP contribution in [0, 0.1) is 5.82 Å². The highest BCUT2D eigenvalue weighted by atomic mass is 19.1. The van der Waals surface area contributed by atoms with E-state index < -0.39 is 17.8 Å². The molecule has 0 heterocycles. The highest BCUT2D eigenvalue weighted by molar-refractivity contribution is 5.86. The lowest BCUT2D eigenvalue weighted by Gasteiger charge is -2.09. The third-order valence-corrected chi connectivity index (χ3v) is 2.48. The molecule has 0 aliphatic carbocycles. The molecule has 0 amide bonds. The highest BCUT2D eigenvalue weighted by Gasteiger charge is 2.08. The van der Waals surface area contributed by atoms with Gasteiger partial charge in [0.15, 0.2) is 6.61 Å². The Labute approximate surface area is 122 Å². The normalized spacial score (nSPS) is 10.6. The van der Waals surface area contributed by atoms with Gasteiger partial charge in [0.05, 0.1) is 6.61 Å². The molecule has 1 N–H and O–H groups in total. The number of ether oxygens (including phenoxy) is 2. The number of halogens is 1. The summed E-state index contributed by atoms with van der Waals surface area (Å²) in [6, 6.07) is 3.61. The van der Waals surface area contributed by atoms with E-state index in [-0.39, 0.29) is 17.9 Å². The fourth-order valence-corrected chi connectivity index (χ4v) is 1.45. The van der Waals surface area contributed by atoms with Crippen molar-refractivity contribution in [2.24, 2.45) is 0 Å². The number of unbranched alkanes of at least 4 members (excludes halogenated alkanes) is 1. The van der Waals surface area contributed by atoms with Crippen LogP contribution in [0.25, 0.3) is 6.08 Å². The first kappa shape index (κ1) is 16.7. The second kappa shape index (κ2) is 8.73. The Morgan fingerprint density at radius 1 is 1.38 bits per heavy atom. The lowest BCUT2D eigenvalue weighted by Crippen LogP contribution is -2.15. The van der Waals surface area contributed by atoms with Crippen molar-refractivity contribution in [1.82, 2.24) is 0 Å². The van der Waals surface area contributed by atoms with Gasteiger partial charge in [0.1, 0.15) is 11.6 Å². The highest BCUT2D eigenvalue weighted by Crippen LogP contribution is 2.21. The Balaban J connectivity index is 2.65. The van der Waals surface area contributed by atoms with Crippen LogP contribution >= 0.6 is 0 Å². The van der Waals surface area contributed by atoms with Crippen molar-refractivity contribution in [2.75, 3.05) is 13.2 Å². The number of esters is 1. The molecule has 0 aliphatic rings. The van der Waals surface area contributed by atoms with Crippen LogP contribution in [-0.2, 0) is 14.3 Å². The predicted octanol–water partition coefficient (Wildman–Crippen LogP) is 2.65. The van der Waals surface area contributed by atoms with E-state index in [1.165, 1.54) is 12.1 Å². The molecule has 0 radical (unpaired) electrons. The summed E-state index contributed by atoms with van der Waals surface area (Å²) in [4.78, 5) is 21.9. The molecule has 0 atom stereocenters. The first-order valence-corrected chi connectivity index (χ1v) is 6.52. The minimum atomic E-state index is -1.16. The second-order valence-corrected chi connectivity index (χ2v) is 4.22. The first-order chi connectivity index (χ1) is 10.0. The first-order valence-electron chi connectivity index (χ1n) is 6.52. The number of carboxylic acids is 1. The zero-order valence-electron chi connectivity index (χ0n) is 11.7. The molecule has 0 saturated heterocycles. The topological polar surface area (TPSA) is 72.8 Å². The maximum atomic E-state index is 13.1. The van der Waals surface area contributed by atoms with Crippen molar-refractivity contribution >= 4 is 18.0 Å². The number of rotatable bonds is 8. The molecule has 5 nitrogen and oxygen atoms in total. The van der Waals surface area contributed by atoms with Gasteiger partial charge in [-0.25, -0.2) is 14.0 Å². The van der Waals surface area contributed by atoms with Gasteiger partial charge in [0.2, 0.25) is 0 Å². The summed E-state index contributed by atoms with van der Waals surface area (Å²) >= 11 is 0. The van der Waals surface area contributed by atoms with E-state index >= 15 is 0 Å². The number of carboxylic acid groups (broad SMARTS) is 1. The van der Waals surface area contributed by atoms with Gasteiger partial charge in [-0.05, 0) is 30.7 Å². The lowest BCUT2D eigenvalue weighted by molar-refractivity contribution is -0.146. The van der Waals surface area contributed by atoms with Crippen LogP contribution in [0.5, 0.6) is 5.75 Å². The number of carbonyl (C=O) groups excluding carboxylic acids is 1. The van der Waals surface area contributed by atoms with E-state index in [0.29, 0.717) is 6.61 Å². The summed E-state index contributed by atoms with van der Waals surface area (Å²) in [5.41, 5.74) is 0.235. The molecule has 21 heavy (non-hydrogen) atoms. The number of hydrogen-bond donors (Lipinski definition) is 1. The van der Waals surface area contributed by atoms with Crippen LogP contribution in [0.3, 0.4) is 0 Å². The summed E-state index contributed by atoms with van der Waals surface area (Å²) in [6.07, 6.45) is 3.75. The Kier molecular flexibility index (Phi) is 6.94. The molecule has 1 aromatic carbocycles. The third-order valence-electron chi connectivity index (χ3n) is 2.48. The number of hydrogen-bond acceptors (Lipinski definition) is 4. The average molecular weight is 296 g/mol. The second-order valence-electron chi connectivity index (χ2n) is 4.22. The standard InChI is InChI=1S/C15H17FO5/c1-2-3-8-20-15(19)10-21-13-6-5-12(16)9-11(13)4-7-14(17)18/h4-7,9H,2-3,8,10H2,1H3,(H,17,18)/b7-4+. The van der Waals surface area contributed by atoms with Gasteiger partial charge in [0.25, 0.3) is 0 Å². The molecule has 0 fully saturated rings. The van der Waals surface area contributed by atoms with Crippen LogP contribution in [0.1, 0.15) is 25.3 Å². The zero-order valence-corrected chi connectivity index (χ0v) is 11.7. The molecule has 0 aromatic heterocycles. The molecular formula is C15H17FO5. The van der Waals surface area contributed by atoms with Crippen molar-refractivity contribution in [1.29, 1.82) is 0 Å². The van der Waals surface area contributed by atoms with Crippen molar-refractivity contribution in [3.63, 3.8) is 0 Å². The Hall–Kier alpha value is -2.37. The summed E-state index contributed by atoms with van der Waals surface area (Å²) in [5, 5.41) is 8.58. The summed E-state index contributed by atoms with van der Waals surface area (Å²) in [5.74, 6) is -2.01. The van der Waals surface area contributed by atoms with E-state index in [4.69, 9.17) is 14.6 Å². The van der Waals surface area contributed by atoms with E-state index in [1.54, 1.807) is 0 Å². The monoisotopic (exact) mass is 296 g/mol. The van der Waals surface area contributed by atoms with Gasteiger partial charge in [0, 0.05) is 11.6 Å². The van der Waals surface area contributed by atoms with Crippen molar-refractivity contribution in [2.45, 2.75) is 19.8 Å². The van der Waals surface area contributed by atoms with Crippen LogP contribution in [-0.4, -0.2) is 30.3 Å². The Morgan fingerprint density at radius 3 is 2.81 bits per heavy atom. The molecule has 1 aromatic rings. The maximum Gasteiger partial charge on any atom is 0.344 e. The maximum absolute atomic E-state index is 13.1. The number of carbonyl (C=O) groups is 2. The number of aliphatic carboxylic acids is 1. The average Bonchev–Trinajstić information content (AvgIpc) is 2.44. The fraction of sp³-hybridized carbons (Fsp3) is 0.333. The molecule has 6 heteroatoms. The van der Waals surface area contributed by atoms with Crippen molar-refractivity contribution < 1.29 is 28.6 Å². The van der Waals surface area contributed by atoms with Crippen LogP contribution in [0.15, 0.2) is 24.3 Å².